The molecule has 2 aliphatic rings. The molecule has 0 spiro atoms. The van der Waals surface area contributed by atoms with Crippen LogP contribution in [0.1, 0.15) is 32.6 Å². The molecule has 2 rings (SSSR count). The third-order valence-electron chi connectivity index (χ3n) is 3.76. The van der Waals surface area contributed by atoms with E-state index in [9.17, 15) is 0 Å². The van der Waals surface area contributed by atoms with Gasteiger partial charge in [0.05, 0.1) is 0 Å². The van der Waals surface area contributed by atoms with Crippen molar-refractivity contribution in [2.75, 3.05) is 6.61 Å². The number of hydrogen-bond donors (Lipinski definition) is 1. The zero-order valence-electron chi connectivity index (χ0n) is 6.64. The Morgan fingerprint density at radius 3 is 2.50 bits per heavy atom. The first kappa shape index (κ1) is 6.66. The first-order valence-corrected chi connectivity index (χ1v) is 4.37. The van der Waals surface area contributed by atoms with Crippen molar-refractivity contribution in [2.45, 2.75) is 32.6 Å². The third kappa shape index (κ3) is 0.672. The van der Waals surface area contributed by atoms with Crippen LogP contribution in [-0.4, -0.2) is 11.7 Å². The van der Waals surface area contributed by atoms with Crippen LogP contribution in [-0.2, 0) is 0 Å². The van der Waals surface area contributed by atoms with E-state index in [1.165, 1.54) is 25.7 Å². The van der Waals surface area contributed by atoms with E-state index in [-0.39, 0.29) is 0 Å². The van der Waals surface area contributed by atoms with E-state index < -0.39 is 0 Å². The van der Waals surface area contributed by atoms with Crippen LogP contribution in [0.3, 0.4) is 0 Å². The lowest BCUT2D eigenvalue weighted by atomic mass is 9.66. The van der Waals surface area contributed by atoms with E-state index in [1.807, 2.05) is 0 Å². The Kier molecular flexibility index (Phi) is 1.31. The summed E-state index contributed by atoms with van der Waals surface area (Å²) in [5.41, 5.74) is 0.308. The molecule has 10 heavy (non-hydrogen) atoms. The maximum atomic E-state index is 9.15. The molecule has 0 aromatic heterocycles. The Morgan fingerprint density at radius 2 is 2.20 bits per heavy atom. The van der Waals surface area contributed by atoms with Gasteiger partial charge in [0.15, 0.2) is 0 Å². The molecule has 2 aliphatic carbocycles. The molecule has 1 heteroatoms. The quantitative estimate of drug-likeness (QED) is 0.589. The number of rotatable bonds is 1. The number of fused-ring (bicyclic) bond motifs is 1. The minimum absolute atomic E-state index is 0.308. The molecule has 58 valence electrons. The van der Waals surface area contributed by atoms with Gasteiger partial charge in [-0.05, 0) is 42.9 Å². The topological polar surface area (TPSA) is 20.2 Å². The molecule has 1 nitrogen and oxygen atoms in total. The molecule has 0 heterocycles. The van der Waals surface area contributed by atoms with Gasteiger partial charge in [0, 0.05) is 6.61 Å². The smallest absolute Gasteiger partial charge is 0.0487 e. The predicted octanol–water partition coefficient (Wildman–Crippen LogP) is 1.80. The highest BCUT2D eigenvalue weighted by molar-refractivity contribution is 4.98. The lowest BCUT2D eigenvalue weighted by molar-refractivity contribution is 0.0419. The van der Waals surface area contributed by atoms with Crippen molar-refractivity contribution in [1.29, 1.82) is 0 Å². The molecule has 0 bridgehead atoms. The molecular weight excluding hydrogens is 124 g/mol. The van der Waals surface area contributed by atoms with Gasteiger partial charge in [-0.1, -0.05) is 6.92 Å². The van der Waals surface area contributed by atoms with Crippen molar-refractivity contribution in [3.05, 3.63) is 0 Å². The molecule has 0 aromatic carbocycles. The molecule has 1 N–H and O–H groups in total. The van der Waals surface area contributed by atoms with Crippen LogP contribution >= 0.6 is 0 Å². The highest BCUT2D eigenvalue weighted by Crippen LogP contribution is 2.56. The van der Waals surface area contributed by atoms with Crippen LogP contribution in [0.25, 0.3) is 0 Å². The van der Waals surface area contributed by atoms with Crippen LogP contribution in [0.2, 0.25) is 0 Å². The van der Waals surface area contributed by atoms with E-state index in [4.69, 9.17) is 5.11 Å². The molecule has 0 radical (unpaired) electrons. The summed E-state index contributed by atoms with van der Waals surface area (Å²) in [7, 11) is 0. The molecule has 2 saturated carbocycles. The third-order valence-corrected chi connectivity index (χ3v) is 3.76. The second-order valence-corrected chi connectivity index (χ2v) is 4.29. The molecular formula is C9H16O. The van der Waals surface area contributed by atoms with Crippen LogP contribution in [0.5, 0.6) is 0 Å². The summed E-state index contributed by atoms with van der Waals surface area (Å²) in [5, 5.41) is 9.15. The first-order valence-electron chi connectivity index (χ1n) is 4.37. The maximum absolute atomic E-state index is 9.15. The van der Waals surface area contributed by atoms with E-state index in [0.717, 1.165) is 11.8 Å². The lowest BCUT2D eigenvalue weighted by Crippen LogP contribution is -2.34. The fraction of sp³-hybridized carbons (Fsp3) is 1.00. The zero-order chi connectivity index (χ0) is 7.19. The van der Waals surface area contributed by atoms with Gasteiger partial charge in [-0.3, -0.25) is 0 Å². The highest BCUT2D eigenvalue weighted by atomic mass is 16.3. The fourth-order valence-corrected chi connectivity index (χ4v) is 2.73. The van der Waals surface area contributed by atoms with Gasteiger partial charge >= 0.3 is 0 Å². The number of hydrogen-bond acceptors (Lipinski definition) is 1. The van der Waals surface area contributed by atoms with Crippen molar-refractivity contribution in [2.24, 2.45) is 17.3 Å². The molecule has 2 fully saturated rings. The maximum Gasteiger partial charge on any atom is 0.0487 e. The molecule has 0 aliphatic heterocycles. The second kappa shape index (κ2) is 1.97. The van der Waals surface area contributed by atoms with Crippen LogP contribution < -0.4 is 0 Å². The van der Waals surface area contributed by atoms with E-state index >= 15 is 0 Å². The lowest BCUT2D eigenvalue weighted by Gasteiger charge is -2.39. The summed E-state index contributed by atoms with van der Waals surface area (Å²) in [6, 6.07) is 0. The van der Waals surface area contributed by atoms with Gasteiger partial charge in [0.2, 0.25) is 0 Å². The number of aliphatic hydroxyl groups is 1. The Hall–Kier alpha value is -0.0400. The Balaban J connectivity index is 2.10. The average Bonchev–Trinajstić information content (AvgIpc) is 2.05. The van der Waals surface area contributed by atoms with Gasteiger partial charge < -0.3 is 5.11 Å². The van der Waals surface area contributed by atoms with Gasteiger partial charge in [-0.25, -0.2) is 0 Å². The average molecular weight is 140 g/mol. The SMILES string of the molecule is CC1(CO)CCC2CCC21. The first-order chi connectivity index (χ1) is 4.76. The van der Waals surface area contributed by atoms with Gasteiger partial charge in [0.25, 0.3) is 0 Å². The summed E-state index contributed by atoms with van der Waals surface area (Å²) < 4.78 is 0. The fourth-order valence-electron chi connectivity index (χ4n) is 2.73. The summed E-state index contributed by atoms with van der Waals surface area (Å²) in [4.78, 5) is 0. The van der Waals surface area contributed by atoms with Crippen LogP contribution in [0.4, 0.5) is 0 Å². The molecule has 0 aromatic rings. The van der Waals surface area contributed by atoms with Gasteiger partial charge in [0.1, 0.15) is 0 Å². The molecule has 3 atom stereocenters. The van der Waals surface area contributed by atoms with E-state index in [2.05, 4.69) is 6.92 Å². The highest BCUT2D eigenvalue weighted by Gasteiger charge is 2.49. The van der Waals surface area contributed by atoms with Crippen molar-refractivity contribution >= 4 is 0 Å². The summed E-state index contributed by atoms with van der Waals surface area (Å²) >= 11 is 0. The standard InChI is InChI=1S/C9H16O/c1-9(6-10)5-4-7-2-3-8(7)9/h7-8,10H,2-6H2,1H3. The van der Waals surface area contributed by atoms with Crippen LogP contribution in [0, 0.1) is 17.3 Å². The minimum Gasteiger partial charge on any atom is -0.396 e. The minimum atomic E-state index is 0.308. The second-order valence-electron chi connectivity index (χ2n) is 4.29. The van der Waals surface area contributed by atoms with Crippen LogP contribution in [0.15, 0.2) is 0 Å². The number of aliphatic hydroxyl groups excluding tert-OH is 1. The van der Waals surface area contributed by atoms with E-state index in [0.29, 0.717) is 12.0 Å². The predicted molar refractivity (Wildman–Crippen MR) is 40.6 cm³/mol. The summed E-state index contributed by atoms with van der Waals surface area (Å²) in [6.07, 6.45) is 5.45. The van der Waals surface area contributed by atoms with E-state index in [1.54, 1.807) is 0 Å². The summed E-state index contributed by atoms with van der Waals surface area (Å²) in [6.45, 7) is 2.66. The Labute approximate surface area is 62.4 Å². The van der Waals surface area contributed by atoms with Crippen molar-refractivity contribution in [1.82, 2.24) is 0 Å². The van der Waals surface area contributed by atoms with Crippen molar-refractivity contribution in [3.8, 4) is 0 Å². The Bertz CT molecular complexity index is 144. The monoisotopic (exact) mass is 140 g/mol. The van der Waals surface area contributed by atoms with Crippen molar-refractivity contribution < 1.29 is 5.11 Å². The van der Waals surface area contributed by atoms with Gasteiger partial charge in [-0.2, -0.15) is 0 Å². The normalized spacial score (nSPS) is 52.2. The molecule has 0 amide bonds. The molecule has 3 unspecified atom stereocenters. The van der Waals surface area contributed by atoms with Crippen molar-refractivity contribution in [3.63, 3.8) is 0 Å². The van der Waals surface area contributed by atoms with Gasteiger partial charge in [-0.15, -0.1) is 0 Å². The largest absolute Gasteiger partial charge is 0.396 e. The Morgan fingerprint density at radius 1 is 1.40 bits per heavy atom. The summed E-state index contributed by atoms with van der Waals surface area (Å²) in [5.74, 6) is 1.86. The molecule has 0 saturated heterocycles. The zero-order valence-corrected chi connectivity index (χ0v) is 6.64.